The average molecular weight is 206 g/mol. The van der Waals surface area contributed by atoms with E-state index in [-0.39, 0.29) is 5.57 Å². The number of carbonyl (C=O) groups is 1. The van der Waals surface area contributed by atoms with Gasteiger partial charge in [0.1, 0.15) is 13.2 Å². The first-order valence-electron chi connectivity index (χ1n) is 4.43. The number of nitrogens with zero attached hydrogens (tertiary/aromatic N) is 1. The predicted octanol–water partition coefficient (Wildman–Crippen LogP) is 0.351. The minimum atomic E-state index is -0.598. The highest BCUT2D eigenvalue weighted by atomic mass is 16.6. The molecule has 2 rings (SSSR count). The van der Waals surface area contributed by atoms with Gasteiger partial charge in [-0.2, -0.15) is 0 Å². The molecule has 0 spiro atoms. The van der Waals surface area contributed by atoms with Crippen molar-refractivity contribution in [1.82, 2.24) is 4.98 Å². The summed E-state index contributed by atoms with van der Waals surface area (Å²) < 4.78 is 10.6. The molecule has 1 aromatic rings. The molecule has 0 aliphatic carbocycles. The Morgan fingerprint density at radius 3 is 2.73 bits per heavy atom. The third-order valence-electron chi connectivity index (χ3n) is 2.04. The van der Waals surface area contributed by atoms with E-state index in [2.05, 4.69) is 11.6 Å². The predicted molar refractivity (Wildman–Crippen MR) is 53.5 cm³/mol. The minimum Gasteiger partial charge on any atom is -0.486 e. The molecule has 1 amide bonds. The van der Waals surface area contributed by atoms with Crippen LogP contribution in [0.3, 0.4) is 0 Å². The summed E-state index contributed by atoms with van der Waals surface area (Å²) in [5.74, 6) is 0.537. The Morgan fingerprint density at radius 1 is 1.40 bits per heavy atom. The molecule has 0 aromatic carbocycles. The van der Waals surface area contributed by atoms with Crippen LogP contribution in [0.2, 0.25) is 0 Å². The van der Waals surface area contributed by atoms with Crippen LogP contribution in [-0.2, 0) is 4.79 Å². The minimum absolute atomic E-state index is 0.159. The third kappa shape index (κ3) is 1.76. The fraction of sp³-hybridized carbons (Fsp3) is 0.200. The molecule has 1 aromatic heterocycles. The van der Waals surface area contributed by atoms with E-state index in [1.165, 1.54) is 6.20 Å². The molecule has 0 atom stereocenters. The molecular formula is C10H10N2O3. The van der Waals surface area contributed by atoms with Gasteiger partial charge in [0.05, 0.1) is 17.5 Å². The molecule has 15 heavy (non-hydrogen) atoms. The lowest BCUT2D eigenvalue weighted by atomic mass is 10.2. The van der Waals surface area contributed by atoms with E-state index in [9.17, 15) is 4.79 Å². The summed E-state index contributed by atoms with van der Waals surface area (Å²) in [4.78, 5) is 14.9. The topological polar surface area (TPSA) is 74.4 Å². The van der Waals surface area contributed by atoms with Crippen molar-refractivity contribution in [3.8, 4) is 11.5 Å². The van der Waals surface area contributed by atoms with Gasteiger partial charge < -0.3 is 15.2 Å². The zero-order valence-electron chi connectivity index (χ0n) is 8.03. The van der Waals surface area contributed by atoms with Crippen molar-refractivity contribution < 1.29 is 14.3 Å². The van der Waals surface area contributed by atoms with Crippen LogP contribution in [0, 0.1) is 0 Å². The van der Waals surface area contributed by atoms with E-state index in [1.54, 1.807) is 6.07 Å². The summed E-state index contributed by atoms with van der Waals surface area (Å²) in [7, 11) is 0. The van der Waals surface area contributed by atoms with Crippen molar-refractivity contribution >= 4 is 11.5 Å². The van der Waals surface area contributed by atoms with Crippen molar-refractivity contribution in [2.75, 3.05) is 13.2 Å². The molecule has 2 N–H and O–H groups in total. The molecule has 0 saturated heterocycles. The number of ether oxygens (including phenoxy) is 2. The Balaban J connectivity index is 2.36. The fourth-order valence-corrected chi connectivity index (χ4v) is 1.24. The number of amides is 1. The van der Waals surface area contributed by atoms with E-state index in [1.807, 2.05) is 0 Å². The normalized spacial score (nSPS) is 13.3. The molecule has 0 saturated carbocycles. The van der Waals surface area contributed by atoms with Crippen LogP contribution in [0.1, 0.15) is 5.69 Å². The monoisotopic (exact) mass is 206 g/mol. The number of rotatable bonds is 2. The Morgan fingerprint density at radius 2 is 2.07 bits per heavy atom. The maximum absolute atomic E-state index is 10.9. The van der Waals surface area contributed by atoms with Crippen LogP contribution >= 0.6 is 0 Å². The standard InChI is InChI=1S/C10H10N2O3/c1-6(10(11)13)7-4-8-9(5-12-7)15-3-2-14-8/h4-5H,1-3H2,(H2,11,13). The van der Waals surface area contributed by atoms with Crippen LogP contribution in [0.5, 0.6) is 11.5 Å². The SMILES string of the molecule is C=C(C(N)=O)c1cc2c(cn1)OCCO2. The van der Waals surface area contributed by atoms with Gasteiger partial charge in [-0.1, -0.05) is 6.58 Å². The molecule has 5 nitrogen and oxygen atoms in total. The second-order valence-electron chi connectivity index (χ2n) is 3.06. The Bertz CT molecular complexity index is 429. The first-order chi connectivity index (χ1) is 7.18. The molecule has 1 aliphatic rings. The van der Waals surface area contributed by atoms with Crippen LogP contribution < -0.4 is 15.2 Å². The maximum Gasteiger partial charge on any atom is 0.250 e. The van der Waals surface area contributed by atoms with Gasteiger partial charge in [-0.15, -0.1) is 0 Å². The summed E-state index contributed by atoms with van der Waals surface area (Å²) in [6, 6.07) is 1.60. The van der Waals surface area contributed by atoms with Gasteiger partial charge in [0, 0.05) is 6.07 Å². The largest absolute Gasteiger partial charge is 0.486 e. The lowest BCUT2D eigenvalue weighted by Gasteiger charge is -2.18. The van der Waals surface area contributed by atoms with Crippen molar-refractivity contribution in [3.05, 3.63) is 24.5 Å². The summed E-state index contributed by atoms with van der Waals surface area (Å²) in [5, 5.41) is 0. The molecule has 0 unspecified atom stereocenters. The number of hydrogen-bond donors (Lipinski definition) is 1. The molecule has 0 fully saturated rings. The molecule has 1 aliphatic heterocycles. The summed E-state index contributed by atoms with van der Waals surface area (Å²) in [6.07, 6.45) is 1.50. The number of pyridine rings is 1. The zero-order chi connectivity index (χ0) is 10.8. The van der Waals surface area contributed by atoms with Gasteiger partial charge in [-0.05, 0) is 0 Å². The molecule has 0 radical (unpaired) electrons. The number of nitrogens with two attached hydrogens (primary N) is 1. The van der Waals surface area contributed by atoms with E-state index >= 15 is 0 Å². The quantitative estimate of drug-likeness (QED) is 0.708. The number of primary amides is 1. The second kappa shape index (κ2) is 3.61. The lowest BCUT2D eigenvalue weighted by molar-refractivity contribution is -0.112. The Hall–Kier alpha value is -2.04. The van der Waals surface area contributed by atoms with Crippen LogP contribution in [0.4, 0.5) is 0 Å². The van der Waals surface area contributed by atoms with Crippen molar-refractivity contribution in [2.45, 2.75) is 0 Å². The molecule has 2 heterocycles. The van der Waals surface area contributed by atoms with Gasteiger partial charge >= 0.3 is 0 Å². The molecular weight excluding hydrogens is 196 g/mol. The third-order valence-corrected chi connectivity index (χ3v) is 2.04. The number of aromatic nitrogens is 1. The van der Waals surface area contributed by atoms with E-state index in [0.29, 0.717) is 30.4 Å². The number of hydrogen-bond acceptors (Lipinski definition) is 4. The summed E-state index contributed by atoms with van der Waals surface area (Å²) in [5.41, 5.74) is 5.66. The lowest BCUT2D eigenvalue weighted by Crippen LogP contribution is -2.17. The molecule has 0 bridgehead atoms. The van der Waals surface area contributed by atoms with Gasteiger partial charge in [0.15, 0.2) is 11.5 Å². The van der Waals surface area contributed by atoms with Gasteiger partial charge in [-0.25, -0.2) is 0 Å². The Kier molecular flexibility index (Phi) is 2.29. The van der Waals surface area contributed by atoms with Crippen molar-refractivity contribution in [1.29, 1.82) is 0 Å². The van der Waals surface area contributed by atoms with E-state index in [0.717, 1.165) is 0 Å². The molecule has 5 heteroatoms. The first kappa shape index (κ1) is 9.51. The van der Waals surface area contributed by atoms with Gasteiger partial charge in [0.2, 0.25) is 5.91 Å². The fourth-order valence-electron chi connectivity index (χ4n) is 1.24. The number of carbonyl (C=O) groups excluding carboxylic acids is 1. The smallest absolute Gasteiger partial charge is 0.250 e. The van der Waals surface area contributed by atoms with Crippen LogP contribution in [0.15, 0.2) is 18.8 Å². The highest BCUT2D eigenvalue weighted by Gasteiger charge is 2.15. The molecule has 78 valence electrons. The van der Waals surface area contributed by atoms with Crippen molar-refractivity contribution in [2.24, 2.45) is 5.73 Å². The van der Waals surface area contributed by atoms with Crippen molar-refractivity contribution in [3.63, 3.8) is 0 Å². The van der Waals surface area contributed by atoms with Crippen LogP contribution in [0.25, 0.3) is 5.57 Å². The van der Waals surface area contributed by atoms with Crippen LogP contribution in [-0.4, -0.2) is 24.1 Å². The van der Waals surface area contributed by atoms with Gasteiger partial charge in [-0.3, -0.25) is 9.78 Å². The summed E-state index contributed by atoms with van der Waals surface area (Å²) >= 11 is 0. The Labute approximate surface area is 86.5 Å². The highest BCUT2D eigenvalue weighted by Crippen LogP contribution is 2.30. The zero-order valence-corrected chi connectivity index (χ0v) is 8.03. The van der Waals surface area contributed by atoms with E-state index < -0.39 is 5.91 Å². The summed E-state index contributed by atoms with van der Waals surface area (Å²) in [6.45, 7) is 4.53. The van der Waals surface area contributed by atoms with Gasteiger partial charge in [0.25, 0.3) is 0 Å². The second-order valence-corrected chi connectivity index (χ2v) is 3.06. The number of fused-ring (bicyclic) bond motifs is 1. The first-order valence-corrected chi connectivity index (χ1v) is 4.43. The van der Waals surface area contributed by atoms with E-state index in [4.69, 9.17) is 15.2 Å². The highest BCUT2D eigenvalue weighted by molar-refractivity contribution is 6.17. The average Bonchev–Trinajstić information content (AvgIpc) is 2.27. The maximum atomic E-state index is 10.9.